The summed E-state index contributed by atoms with van der Waals surface area (Å²) in [6.45, 7) is 3.68. The van der Waals surface area contributed by atoms with Crippen molar-refractivity contribution >= 4 is 33.1 Å². The van der Waals surface area contributed by atoms with E-state index in [-0.39, 0.29) is 23.4 Å². The third kappa shape index (κ3) is 1.61. The van der Waals surface area contributed by atoms with E-state index in [1.165, 1.54) is 10.8 Å². The van der Waals surface area contributed by atoms with Crippen LogP contribution in [-0.2, 0) is 9.59 Å². The van der Waals surface area contributed by atoms with E-state index in [0.717, 1.165) is 21.9 Å². The number of hydrogen-bond acceptors (Lipinski definition) is 2. The number of carbonyl (C=O) groups excluding carboxylic acids is 2. The summed E-state index contributed by atoms with van der Waals surface area (Å²) in [5.41, 5.74) is 2.03. The molecular formula is C20H16O2. The van der Waals surface area contributed by atoms with E-state index in [4.69, 9.17) is 0 Å². The van der Waals surface area contributed by atoms with Crippen molar-refractivity contribution in [1.82, 2.24) is 0 Å². The van der Waals surface area contributed by atoms with Gasteiger partial charge in [0.05, 0.1) is 0 Å². The fourth-order valence-electron chi connectivity index (χ4n) is 3.69. The van der Waals surface area contributed by atoms with Gasteiger partial charge in [-0.2, -0.15) is 0 Å². The number of Topliss-reactive ketones (excluding diaryl/α,β-unsaturated/α-hetero) is 2. The molecule has 2 nitrogen and oxygen atoms in total. The maximum Gasteiger partial charge on any atom is 0.206 e. The van der Waals surface area contributed by atoms with Gasteiger partial charge in [0.25, 0.3) is 0 Å². The lowest BCUT2D eigenvalue weighted by atomic mass is 9.74. The summed E-state index contributed by atoms with van der Waals surface area (Å²) >= 11 is 0. The predicted octanol–water partition coefficient (Wildman–Crippen LogP) is 4.35. The Bertz CT molecular complexity index is 952. The molecule has 3 aromatic carbocycles. The quantitative estimate of drug-likeness (QED) is 0.455. The van der Waals surface area contributed by atoms with Gasteiger partial charge in [0, 0.05) is 11.8 Å². The average Bonchev–Trinajstić information content (AvgIpc) is 2.56. The van der Waals surface area contributed by atoms with E-state index in [1.807, 2.05) is 32.0 Å². The molecule has 2 atom stereocenters. The second kappa shape index (κ2) is 4.51. The van der Waals surface area contributed by atoms with Gasteiger partial charge in [0.15, 0.2) is 0 Å². The lowest BCUT2D eigenvalue weighted by Crippen LogP contribution is -2.31. The molecular weight excluding hydrogens is 272 g/mol. The van der Waals surface area contributed by atoms with E-state index >= 15 is 0 Å². The molecule has 0 amide bonds. The Morgan fingerprint density at radius 3 is 2.18 bits per heavy atom. The van der Waals surface area contributed by atoms with Gasteiger partial charge >= 0.3 is 0 Å². The molecule has 22 heavy (non-hydrogen) atoms. The van der Waals surface area contributed by atoms with Crippen molar-refractivity contribution in [2.75, 3.05) is 0 Å². The van der Waals surface area contributed by atoms with Crippen LogP contribution in [0.1, 0.15) is 36.8 Å². The summed E-state index contributed by atoms with van der Waals surface area (Å²) in [7, 11) is 0. The summed E-state index contributed by atoms with van der Waals surface area (Å²) in [5, 5.41) is 4.62. The van der Waals surface area contributed by atoms with E-state index in [0.29, 0.717) is 0 Å². The minimum Gasteiger partial charge on any atom is -0.290 e. The van der Waals surface area contributed by atoms with Crippen molar-refractivity contribution in [1.29, 1.82) is 0 Å². The Balaban J connectivity index is 2.15. The highest BCUT2D eigenvalue weighted by Crippen LogP contribution is 2.40. The van der Waals surface area contributed by atoms with Crippen LogP contribution in [0.3, 0.4) is 0 Å². The molecule has 0 heterocycles. The lowest BCUT2D eigenvalue weighted by molar-refractivity contribution is -0.138. The Morgan fingerprint density at radius 2 is 1.36 bits per heavy atom. The Kier molecular flexibility index (Phi) is 2.70. The van der Waals surface area contributed by atoms with E-state index < -0.39 is 0 Å². The molecule has 0 aromatic heterocycles. The number of fused-ring (bicyclic) bond motifs is 5. The van der Waals surface area contributed by atoms with Gasteiger partial charge in [-0.3, -0.25) is 9.59 Å². The zero-order chi connectivity index (χ0) is 15.4. The molecule has 1 aliphatic carbocycles. The van der Waals surface area contributed by atoms with Crippen molar-refractivity contribution in [2.45, 2.75) is 25.7 Å². The standard InChI is InChI=1S/C20H16O2/c1-11-14-9-10-16-15-6-4-3-5-13(15)7-8-17(16)18(14)12(2)20(22)19(11)21/h3-12H,1-2H3. The number of hydrogen-bond donors (Lipinski definition) is 0. The first kappa shape index (κ1) is 13.2. The summed E-state index contributed by atoms with van der Waals surface area (Å²) in [5.74, 6) is -1.22. The monoisotopic (exact) mass is 288 g/mol. The third-order valence-corrected chi connectivity index (χ3v) is 4.93. The number of carbonyl (C=O) groups is 2. The van der Waals surface area contributed by atoms with Crippen molar-refractivity contribution in [2.24, 2.45) is 0 Å². The predicted molar refractivity (Wildman–Crippen MR) is 88.3 cm³/mol. The first-order valence-electron chi connectivity index (χ1n) is 7.62. The zero-order valence-corrected chi connectivity index (χ0v) is 12.6. The second-order valence-electron chi connectivity index (χ2n) is 6.12. The fourth-order valence-corrected chi connectivity index (χ4v) is 3.69. The third-order valence-electron chi connectivity index (χ3n) is 4.93. The summed E-state index contributed by atoms with van der Waals surface area (Å²) in [6.07, 6.45) is 0. The molecule has 1 aliphatic rings. The average molecular weight is 288 g/mol. The molecule has 108 valence electrons. The van der Waals surface area contributed by atoms with Crippen LogP contribution >= 0.6 is 0 Å². The normalized spacial score (nSPS) is 21.4. The second-order valence-corrected chi connectivity index (χ2v) is 6.12. The molecule has 0 bridgehead atoms. The molecule has 0 N–H and O–H groups in total. The molecule has 4 rings (SSSR count). The number of rotatable bonds is 0. The van der Waals surface area contributed by atoms with Crippen LogP contribution in [-0.4, -0.2) is 11.6 Å². The Morgan fingerprint density at radius 1 is 0.682 bits per heavy atom. The van der Waals surface area contributed by atoms with Crippen LogP contribution in [0.5, 0.6) is 0 Å². The Labute approximate surface area is 128 Å². The van der Waals surface area contributed by atoms with Gasteiger partial charge in [-0.1, -0.05) is 62.4 Å². The highest BCUT2D eigenvalue weighted by molar-refractivity contribution is 6.42. The van der Waals surface area contributed by atoms with Crippen LogP contribution < -0.4 is 0 Å². The fraction of sp³-hybridized carbons (Fsp3) is 0.200. The SMILES string of the molecule is CC1C(=O)C(=O)C(C)c2c1ccc1c2ccc2ccccc21. The van der Waals surface area contributed by atoms with Crippen molar-refractivity contribution in [3.63, 3.8) is 0 Å². The van der Waals surface area contributed by atoms with E-state index in [2.05, 4.69) is 30.3 Å². The Hall–Kier alpha value is -2.48. The highest BCUT2D eigenvalue weighted by Gasteiger charge is 2.37. The van der Waals surface area contributed by atoms with Crippen LogP contribution in [0.2, 0.25) is 0 Å². The first-order valence-corrected chi connectivity index (χ1v) is 7.62. The van der Waals surface area contributed by atoms with Crippen molar-refractivity contribution < 1.29 is 9.59 Å². The molecule has 0 saturated carbocycles. The van der Waals surface area contributed by atoms with E-state index in [1.54, 1.807) is 0 Å². The van der Waals surface area contributed by atoms with Crippen LogP contribution in [0, 0.1) is 0 Å². The largest absolute Gasteiger partial charge is 0.290 e. The van der Waals surface area contributed by atoms with Crippen molar-refractivity contribution in [3.8, 4) is 0 Å². The molecule has 2 heteroatoms. The van der Waals surface area contributed by atoms with Gasteiger partial charge < -0.3 is 0 Å². The van der Waals surface area contributed by atoms with Gasteiger partial charge in [0.1, 0.15) is 0 Å². The molecule has 0 fully saturated rings. The maximum absolute atomic E-state index is 12.3. The number of ketones is 2. The van der Waals surface area contributed by atoms with Gasteiger partial charge in [-0.15, -0.1) is 0 Å². The van der Waals surface area contributed by atoms with Gasteiger partial charge in [0.2, 0.25) is 11.6 Å². The first-order chi connectivity index (χ1) is 10.6. The summed E-state index contributed by atoms with van der Waals surface area (Å²) in [6, 6.07) is 16.5. The van der Waals surface area contributed by atoms with Gasteiger partial charge in [-0.25, -0.2) is 0 Å². The smallest absolute Gasteiger partial charge is 0.206 e. The molecule has 0 saturated heterocycles. The van der Waals surface area contributed by atoms with Crippen LogP contribution in [0.25, 0.3) is 21.5 Å². The minimum atomic E-state index is -0.358. The highest BCUT2D eigenvalue weighted by atomic mass is 16.2. The maximum atomic E-state index is 12.3. The van der Waals surface area contributed by atoms with Crippen molar-refractivity contribution in [3.05, 3.63) is 59.7 Å². The van der Waals surface area contributed by atoms with Gasteiger partial charge in [-0.05, 0) is 32.7 Å². The summed E-state index contributed by atoms with van der Waals surface area (Å²) < 4.78 is 0. The lowest BCUT2D eigenvalue weighted by Gasteiger charge is -2.27. The van der Waals surface area contributed by atoms with Crippen LogP contribution in [0.4, 0.5) is 0 Å². The zero-order valence-electron chi connectivity index (χ0n) is 12.6. The molecule has 2 unspecified atom stereocenters. The molecule has 0 aliphatic heterocycles. The summed E-state index contributed by atoms with van der Waals surface area (Å²) in [4.78, 5) is 24.4. The minimum absolute atomic E-state index is 0.263. The van der Waals surface area contributed by atoms with Crippen LogP contribution in [0.15, 0.2) is 48.5 Å². The topological polar surface area (TPSA) is 34.1 Å². The van der Waals surface area contributed by atoms with E-state index in [9.17, 15) is 9.59 Å². The number of benzene rings is 3. The molecule has 0 spiro atoms. The molecule has 3 aromatic rings. The molecule has 0 radical (unpaired) electrons.